The minimum absolute atomic E-state index is 0.143. The highest BCUT2D eigenvalue weighted by atomic mass is 16.5. The van der Waals surface area contributed by atoms with Gasteiger partial charge in [0, 0.05) is 13.7 Å². The molecule has 126 valence electrons. The lowest BCUT2D eigenvalue weighted by Gasteiger charge is -2.34. The SMILES string of the molecule is CCC(C)(C)c1cccc(CCC(CN)OC)c1C(C)(C)C. The van der Waals surface area contributed by atoms with Crippen LogP contribution in [0.3, 0.4) is 0 Å². The van der Waals surface area contributed by atoms with Gasteiger partial charge in [-0.15, -0.1) is 0 Å². The minimum Gasteiger partial charge on any atom is -0.380 e. The average molecular weight is 306 g/mol. The van der Waals surface area contributed by atoms with Crippen LogP contribution >= 0.6 is 0 Å². The zero-order chi connectivity index (χ0) is 17.0. The molecule has 2 heteroatoms. The van der Waals surface area contributed by atoms with E-state index in [2.05, 4.69) is 59.7 Å². The van der Waals surface area contributed by atoms with Gasteiger partial charge in [0.1, 0.15) is 0 Å². The van der Waals surface area contributed by atoms with Crippen molar-refractivity contribution in [1.29, 1.82) is 0 Å². The van der Waals surface area contributed by atoms with Crippen LogP contribution in [0.2, 0.25) is 0 Å². The molecule has 0 aromatic heterocycles. The first-order chi connectivity index (χ1) is 10.2. The fraction of sp³-hybridized carbons (Fsp3) is 0.700. The number of aryl methyl sites for hydroxylation is 1. The van der Waals surface area contributed by atoms with Gasteiger partial charge in [-0.05, 0) is 46.8 Å². The maximum Gasteiger partial charge on any atom is 0.0696 e. The van der Waals surface area contributed by atoms with Crippen LogP contribution in [0.5, 0.6) is 0 Å². The lowest BCUT2D eigenvalue weighted by atomic mass is 9.71. The molecule has 1 aromatic carbocycles. The maximum atomic E-state index is 5.77. The molecule has 0 fully saturated rings. The quantitative estimate of drug-likeness (QED) is 0.800. The Morgan fingerprint density at radius 2 is 1.77 bits per heavy atom. The normalized spacial score (nSPS) is 14.2. The molecule has 22 heavy (non-hydrogen) atoms. The van der Waals surface area contributed by atoms with Crippen molar-refractivity contribution in [1.82, 2.24) is 0 Å². The van der Waals surface area contributed by atoms with Crippen molar-refractivity contribution < 1.29 is 4.74 Å². The van der Waals surface area contributed by atoms with Gasteiger partial charge < -0.3 is 10.5 Å². The van der Waals surface area contributed by atoms with Crippen LogP contribution in [0.4, 0.5) is 0 Å². The Balaban J connectivity index is 3.25. The first-order valence-corrected chi connectivity index (χ1v) is 8.53. The lowest BCUT2D eigenvalue weighted by molar-refractivity contribution is 0.102. The van der Waals surface area contributed by atoms with E-state index in [9.17, 15) is 0 Å². The predicted octanol–water partition coefficient (Wildman–Crippen LogP) is 4.58. The molecule has 0 saturated carbocycles. The van der Waals surface area contributed by atoms with E-state index in [1.54, 1.807) is 7.11 Å². The number of hydrogen-bond acceptors (Lipinski definition) is 2. The Kier molecular flexibility index (Phi) is 6.64. The summed E-state index contributed by atoms with van der Waals surface area (Å²) in [4.78, 5) is 0. The van der Waals surface area contributed by atoms with Gasteiger partial charge >= 0.3 is 0 Å². The third kappa shape index (κ3) is 4.57. The molecule has 1 atom stereocenters. The summed E-state index contributed by atoms with van der Waals surface area (Å²) >= 11 is 0. The van der Waals surface area contributed by atoms with Crippen molar-refractivity contribution in [3.8, 4) is 0 Å². The summed E-state index contributed by atoms with van der Waals surface area (Å²) in [6.07, 6.45) is 3.29. The largest absolute Gasteiger partial charge is 0.380 e. The maximum absolute atomic E-state index is 5.77. The summed E-state index contributed by atoms with van der Waals surface area (Å²) in [6.45, 7) is 14.5. The van der Waals surface area contributed by atoms with E-state index < -0.39 is 0 Å². The van der Waals surface area contributed by atoms with Gasteiger partial charge in [-0.2, -0.15) is 0 Å². The minimum atomic E-state index is 0.143. The Labute approximate surface area is 137 Å². The molecule has 1 rings (SSSR count). The van der Waals surface area contributed by atoms with E-state index in [0.29, 0.717) is 6.54 Å². The van der Waals surface area contributed by atoms with Crippen molar-refractivity contribution in [2.24, 2.45) is 5.73 Å². The Hall–Kier alpha value is -0.860. The number of benzene rings is 1. The third-order valence-corrected chi connectivity index (χ3v) is 4.85. The van der Waals surface area contributed by atoms with E-state index in [1.807, 2.05) is 0 Å². The summed E-state index contributed by atoms with van der Waals surface area (Å²) in [5.41, 5.74) is 10.6. The molecule has 0 aliphatic carbocycles. The highest BCUT2D eigenvalue weighted by Gasteiger charge is 2.29. The van der Waals surface area contributed by atoms with Crippen molar-refractivity contribution in [2.45, 2.75) is 77.7 Å². The second kappa shape index (κ2) is 7.61. The van der Waals surface area contributed by atoms with E-state index in [4.69, 9.17) is 10.5 Å². The van der Waals surface area contributed by atoms with Gasteiger partial charge in [0.25, 0.3) is 0 Å². The molecule has 0 bridgehead atoms. The number of hydrogen-bond donors (Lipinski definition) is 1. The van der Waals surface area contributed by atoms with E-state index in [0.717, 1.165) is 19.3 Å². The van der Waals surface area contributed by atoms with E-state index in [1.165, 1.54) is 16.7 Å². The summed E-state index contributed by atoms with van der Waals surface area (Å²) in [7, 11) is 1.75. The van der Waals surface area contributed by atoms with Crippen molar-refractivity contribution in [3.63, 3.8) is 0 Å². The van der Waals surface area contributed by atoms with Gasteiger partial charge in [0.05, 0.1) is 6.10 Å². The fourth-order valence-electron chi connectivity index (χ4n) is 3.10. The van der Waals surface area contributed by atoms with Crippen LogP contribution in [0.15, 0.2) is 18.2 Å². The highest BCUT2D eigenvalue weighted by Crippen LogP contribution is 2.38. The highest BCUT2D eigenvalue weighted by molar-refractivity contribution is 5.44. The molecule has 1 aromatic rings. The molecule has 1 unspecified atom stereocenters. The number of methoxy groups -OCH3 is 1. The van der Waals surface area contributed by atoms with Crippen LogP contribution in [0.25, 0.3) is 0 Å². The molecule has 0 heterocycles. The molecule has 0 amide bonds. The summed E-state index contributed by atoms with van der Waals surface area (Å²) in [6, 6.07) is 6.80. The first-order valence-electron chi connectivity index (χ1n) is 8.53. The standard InChI is InChI=1S/C20H35NO/c1-8-20(5,6)17-11-9-10-15(18(17)19(2,3)4)12-13-16(14-21)22-7/h9-11,16H,8,12-14,21H2,1-7H3. The van der Waals surface area contributed by atoms with Gasteiger partial charge in [0.2, 0.25) is 0 Å². The summed E-state index contributed by atoms with van der Waals surface area (Å²) in [5.74, 6) is 0. The van der Waals surface area contributed by atoms with E-state index >= 15 is 0 Å². The van der Waals surface area contributed by atoms with E-state index in [-0.39, 0.29) is 16.9 Å². The van der Waals surface area contributed by atoms with Crippen LogP contribution < -0.4 is 5.73 Å². The number of ether oxygens (including phenoxy) is 1. The Bertz CT molecular complexity index is 467. The molecule has 0 aliphatic heterocycles. The number of nitrogens with two attached hydrogens (primary N) is 1. The predicted molar refractivity (Wildman–Crippen MR) is 96.6 cm³/mol. The third-order valence-electron chi connectivity index (χ3n) is 4.85. The Morgan fingerprint density at radius 1 is 1.14 bits per heavy atom. The second-order valence-corrected chi connectivity index (χ2v) is 7.96. The fourth-order valence-corrected chi connectivity index (χ4v) is 3.10. The molecular weight excluding hydrogens is 270 g/mol. The average Bonchev–Trinajstić information content (AvgIpc) is 2.47. The monoisotopic (exact) mass is 305 g/mol. The molecule has 0 spiro atoms. The summed E-state index contributed by atoms with van der Waals surface area (Å²) < 4.78 is 5.44. The van der Waals surface area contributed by atoms with Gasteiger partial charge in [-0.25, -0.2) is 0 Å². The molecule has 0 aliphatic rings. The Morgan fingerprint density at radius 3 is 2.23 bits per heavy atom. The van der Waals surface area contributed by atoms with Crippen LogP contribution in [0.1, 0.15) is 71.1 Å². The van der Waals surface area contributed by atoms with Crippen LogP contribution in [-0.2, 0) is 22.0 Å². The lowest BCUT2D eigenvalue weighted by Crippen LogP contribution is -2.27. The van der Waals surface area contributed by atoms with Crippen LogP contribution in [0, 0.1) is 0 Å². The van der Waals surface area contributed by atoms with Crippen LogP contribution in [-0.4, -0.2) is 19.8 Å². The first kappa shape index (κ1) is 19.2. The van der Waals surface area contributed by atoms with Gasteiger partial charge in [-0.3, -0.25) is 0 Å². The molecule has 0 saturated heterocycles. The zero-order valence-corrected chi connectivity index (χ0v) is 15.6. The van der Waals surface area contributed by atoms with Gasteiger partial charge in [-0.1, -0.05) is 59.7 Å². The topological polar surface area (TPSA) is 35.2 Å². The van der Waals surface area contributed by atoms with Crippen molar-refractivity contribution >= 4 is 0 Å². The molecule has 2 N–H and O–H groups in total. The van der Waals surface area contributed by atoms with Crippen molar-refractivity contribution in [3.05, 3.63) is 34.9 Å². The van der Waals surface area contributed by atoms with Gasteiger partial charge in [0.15, 0.2) is 0 Å². The second-order valence-electron chi connectivity index (χ2n) is 7.96. The smallest absolute Gasteiger partial charge is 0.0696 e. The zero-order valence-electron chi connectivity index (χ0n) is 15.6. The molecular formula is C20H35NO. The summed E-state index contributed by atoms with van der Waals surface area (Å²) in [5, 5.41) is 0. The molecule has 0 radical (unpaired) electrons. The molecule has 2 nitrogen and oxygen atoms in total. The number of rotatable bonds is 7. The van der Waals surface area contributed by atoms with Crippen molar-refractivity contribution in [2.75, 3.05) is 13.7 Å².